The fraction of sp³-hybridized carbons (Fsp3) is 0.581. The molecule has 1 saturated carbocycles. The Morgan fingerprint density at radius 1 is 1.21 bits per heavy atom. The lowest BCUT2D eigenvalue weighted by Crippen LogP contribution is -2.41. The second-order valence-electron chi connectivity index (χ2n) is 12.8. The highest BCUT2D eigenvalue weighted by Crippen LogP contribution is 2.63. The number of aryl methyl sites for hydroxylation is 2. The molecular formula is C31H41N3O4S. The van der Waals surface area contributed by atoms with Crippen molar-refractivity contribution in [2.24, 2.45) is 17.3 Å². The summed E-state index contributed by atoms with van der Waals surface area (Å²) < 4.78 is 33.3. The van der Waals surface area contributed by atoms with Gasteiger partial charge in [-0.3, -0.25) is 4.79 Å². The molecule has 3 aliphatic rings. The Morgan fingerprint density at radius 2 is 1.97 bits per heavy atom. The predicted molar refractivity (Wildman–Crippen MR) is 151 cm³/mol. The lowest BCUT2D eigenvalue weighted by molar-refractivity contribution is -0.154. The van der Waals surface area contributed by atoms with Gasteiger partial charge in [-0.2, -0.15) is 10.2 Å². The van der Waals surface area contributed by atoms with E-state index in [1.54, 1.807) is 26.8 Å². The van der Waals surface area contributed by atoms with Gasteiger partial charge in [0.15, 0.2) is 0 Å². The Hall–Kier alpha value is -2.58. The zero-order valence-corrected chi connectivity index (χ0v) is 24.8. The van der Waals surface area contributed by atoms with Gasteiger partial charge >= 0.3 is 5.97 Å². The van der Waals surface area contributed by atoms with Gasteiger partial charge in [0.2, 0.25) is 10.0 Å². The SMILES string of the molecule is Cc1cc(C2=CCC3C4CCc5cc(S(=O)(=O)N(C)CCC(=O)OC(C)(C)C)ccc5C4CC[C@]23C)cnn1. The van der Waals surface area contributed by atoms with Crippen LogP contribution in [0.15, 0.2) is 41.4 Å². The van der Waals surface area contributed by atoms with Gasteiger partial charge in [0.05, 0.1) is 23.2 Å². The van der Waals surface area contributed by atoms with Crippen molar-refractivity contribution in [2.45, 2.75) is 89.6 Å². The monoisotopic (exact) mass is 551 g/mol. The van der Waals surface area contributed by atoms with Gasteiger partial charge in [-0.25, -0.2) is 12.7 Å². The first-order chi connectivity index (χ1) is 18.3. The van der Waals surface area contributed by atoms with Gasteiger partial charge in [-0.15, -0.1) is 0 Å². The van der Waals surface area contributed by atoms with Crippen molar-refractivity contribution in [1.29, 1.82) is 0 Å². The molecule has 0 spiro atoms. The number of allylic oxidation sites excluding steroid dienone is 2. The van der Waals surface area contributed by atoms with E-state index in [9.17, 15) is 13.2 Å². The Balaban J connectivity index is 1.31. The second kappa shape index (κ2) is 10.1. The Kier molecular flexibility index (Phi) is 7.25. The van der Waals surface area contributed by atoms with Gasteiger partial charge in [0.25, 0.3) is 0 Å². The van der Waals surface area contributed by atoms with Crippen molar-refractivity contribution in [3.63, 3.8) is 0 Å². The molecule has 2 aromatic rings. The van der Waals surface area contributed by atoms with Gasteiger partial charge in [-0.05, 0) is 123 Å². The molecule has 3 aliphatic carbocycles. The number of nitrogens with zero attached hydrogens (tertiary/aromatic N) is 3. The summed E-state index contributed by atoms with van der Waals surface area (Å²) in [5.41, 5.74) is 5.58. The lowest BCUT2D eigenvalue weighted by Gasteiger charge is -2.50. The van der Waals surface area contributed by atoms with E-state index in [-0.39, 0.29) is 18.4 Å². The van der Waals surface area contributed by atoms with E-state index < -0.39 is 21.6 Å². The Labute approximate surface area is 233 Å². The van der Waals surface area contributed by atoms with Crippen LogP contribution in [0.1, 0.15) is 88.1 Å². The number of ether oxygens (including phenoxy) is 1. The third-order valence-corrected chi connectivity index (χ3v) is 11.0. The number of benzene rings is 1. The third kappa shape index (κ3) is 5.30. The van der Waals surface area contributed by atoms with Crippen LogP contribution in [0.4, 0.5) is 0 Å². The van der Waals surface area contributed by atoms with Crippen LogP contribution in [0.25, 0.3) is 5.57 Å². The number of esters is 1. The molecule has 0 N–H and O–H groups in total. The Bertz CT molecular complexity index is 1410. The number of hydrogen-bond donors (Lipinski definition) is 0. The zero-order chi connectivity index (χ0) is 28.2. The molecule has 0 radical (unpaired) electrons. The highest BCUT2D eigenvalue weighted by Gasteiger charge is 2.52. The van der Waals surface area contributed by atoms with Gasteiger partial charge in [-0.1, -0.05) is 19.1 Å². The fourth-order valence-electron chi connectivity index (χ4n) is 7.30. The third-order valence-electron chi connectivity index (χ3n) is 9.13. The first kappa shape index (κ1) is 28.0. The Morgan fingerprint density at radius 3 is 2.69 bits per heavy atom. The molecule has 7 nitrogen and oxygen atoms in total. The minimum Gasteiger partial charge on any atom is -0.460 e. The van der Waals surface area contributed by atoms with Gasteiger partial charge in [0, 0.05) is 13.6 Å². The average Bonchev–Trinajstić information content (AvgIpc) is 3.23. The van der Waals surface area contributed by atoms with E-state index in [4.69, 9.17) is 4.74 Å². The number of aromatic nitrogens is 2. The topological polar surface area (TPSA) is 89.5 Å². The van der Waals surface area contributed by atoms with Crippen molar-refractivity contribution in [1.82, 2.24) is 14.5 Å². The van der Waals surface area contributed by atoms with Crippen LogP contribution < -0.4 is 0 Å². The number of sulfonamides is 1. The molecule has 0 amide bonds. The number of rotatable bonds is 6. The maximum absolute atomic E-state index is 13.3. The summed E-state index contributed by atoms with van der Waals surface area (Å²) >= 11 is 0. The molecule has 0 saturated heterocycles. The molecule has 210 valence electrons. The second-order valence-corrected chi connectivity index (χ2v) is 14.9. The largest absolute Gasteiger partial charge is 0.460 e. The normalized spacial score (nSPS) is 26.4. The van der Waals surface area contributed by atoms with Crippen molar-refractivity contribution in [3.8, 4) is 0 Å². The minimum absolute atomic E-state index is 0.0208. The molecule has 39 heavy (non-hydrogen) atoms. The van der Waals surface area contributed by atoms with Gasteiger partial charge < -0.3 is 4.74 Å². The summed E-state index contributed by atoms with van der Waals surface area (Å²) in [7, 11) is -2.17. The van der Waals surface area contributed by atoms with Crippen LogP contribution in [0.3, 0.4) is 0 Å². The first-order valence-corrected chi connectivity index (χ1v) is 15.5. The minimum atomic E-state index is -3.70. The highest BCUT2D eigenvalue weighted by atomic mass is 32.2. The van der Waals surface area contributed by atoms with Crippen LogP contribution in [-0.4, -0.2) is 48.1 Å². The molecule has 1 aromatic heterocycles. The van der Waals surface area contributed by atoms with Crippen molar-refractivity contribution in [3.05, 3.63) is 58.9 Å². The maximum atomic E-state index is 13.3. The molecule has 3 unspecified atom stereocenters. The number of carbonyl (C=O) groups is 1. The molecule has 1 aromatic carbocycles. The van der Waals surface area contributed by atoms with Crippen molar-refractivity contribution in [2.75, 3.05) is 13.6 Å². The molecule has 0 bridgehead atoms. The molecular weight excluding hydrogens is 510 g/mol. The average molecular weight is 552 g/mol. The van der Waals surface area contributed by atoms with Crippen LogP contribution in [0, 0.1) is 24.2 Å². The quantitative estimate of drug-likeness (QED) is 0.429. The lowest BCUT2D eigenvalue weighted by atomic mass is 9.54. The zero-order valence-electron chi connectivity index (χ0n) is 24.0. The summed E-state index contributed by atoms with van der Waals surface area (Å²) in [6, 6.07) is 7.85. The van der Waals surface area contributed by atoms with E-state index in [1.165, 1.54) is 28.1 Å². The summed E-state index contributed by atoms with van der Waals surface area (Å²) in [6.07, 6.45) is 9.61. The van der Waals surface area contributed by atoms with E-state index in [1.807, 2.05) is 19.2 Å². The van der Waals surface area contributed by atoms with Crippen LogP contribution in [0.5, 0.6) is 0 Å². The summed E-state index contributed by atoms with van der Waals surface area (Å²) in [5.74, 6) is 1.22. The summed E-state index contributed by atoms with van der Waals surface area (Å²) in [5, 5.41) is 8.37. The summed E-state index contributed by atoms with van der Waals surface area (Å²) in [6.45, 7) is 9.92. The van der Waals surface area contributed by atoms with E-state index in [0.29, 0.717) is 22.6 Å². The van der Waals surface area contributed by atoms with Crippen molar-refractivity contribution < 1.29 is 17.9 Å². The maximum Gasteiger partial charge on any atom is 0.307 e. The predicted octanol–water partition coefficient (Wildman–Crippen LogP) is 5.69. The summed E-state index contributed by atoms with van der Waals surface area (Å²) in [4.78, 5) is 12.4. The molecule has 5 rings (SSSR count). The number of fused-ring (bicyclic) bond motifs is 5. The molecule has 4 atom stereocenters. The van der Waals surface area contributed by atoms with E-state index in [2.05, 4.69) is 35.3 Å². The molecule has 1 heterocycles. The van der Waals surface area contributed by atoms with Crippen LogP contribution in [0.2, 0.25) is 0 Å². The number of carbonyl (C=O) groups excluding carboxylic acids is 1. The van der Waals surface area contributed by atoms with Crippen LogP contribution >= 0.6 is 0 Å². The van der Waals surface area contributed by atoms with E-state index >= 15 is 0 Å². The smallest absolute Gasteiger partial charge is 0.307 e. The first-order valence-electron chi connectivity index (χ1n) is 14.1. The standard InChI is InChI=1S/C31H41N3O4S/c1-20-17-22(19-32-33-20)27-11-12-28-26-9-7-21-18-23(8-10-24(21)25(26)13-15-31(27,28)5)39(36,37)34(6)16-14-29(35)38-30(2,3)4/h8,10-11,17-19,25-26,28H,7,9,12-16H2,1-6H3/t25?,26?,28?,31-/m1/s1. The number of hydrogen-bond acceptors (Lipinski definition) is 6. The molecule has 0 aliphatic heterocycles. The highest BCUT2D eigenvalue weighted by molar-refractivity contribution is 7.89. The van der Waals surface area contributed by atoms with Gasteiger partial charge in [0.1, 0.15) is 5.60 Å². The van der Waals surface area contributed by atoms with Crippen LogP contribution in [-0.2, 0) is 26.0 Å². The molecule has 8 heteroatoms. The van der Waals surface area contributed by atoms with Crippen molar-refractivity contribution >= 4 is 21.6 Å². The molecule has 1 fully saturated rings. The van der Waals surface area contributed by atoms with E-state index in [0.717, 1.165) is 43.4 Å². The fourth-order valence-corrected chi connectivity index (χ4v) is 8.52.